The summed E-state index contributed by atoms with van der Waals surface area (Å²) in [6, 6.07) is 9.83. The van der Waals surface area contributed by atoms with Crippen molar-refractivity contribution in [2.24, 2.45) is 0 Å². The molecule has 0 spiro atoms. The average Bonchev–Trinajstić information content (AvgIpc) is 3.19. The van der Waals surface area contributed by atoms with Crippen LogP contribution in [0.3, 0.4) is 0 Å². The first-order chi connectivity index (χ1) is 15.2. The van der Waals surface area contributed by atoms with E-state index >= 15 is 4.39 Å². The Hall–Kier alpha value is -2.52. The van der Waals surface area contributed by atoms with E-state index in [2.05, 4.69) is 5.32 Å². The second-order valence-corrected chi connectivity index (χ2v) is 10.6. The van der Waals surface area contributed by atoms with Gasteiger partial charge >= 0.3 is 6.03 Å². The van der Waals surface area contributed by atoms with Crippen molar-refractivity contribution in [3.05, 3.63) is 70.8 Å². The number of nitrogens with one attached hydrogen (secondary N) is 1. The Labute approximate surface area is 187 Å². The van der Waals surface area contributed by atoms with Crippen molar-refractivity contribution in [3.8, 4) is 0 Å². The molecule has 1 unspecified atom stereocenters. The van der Waals surface area contributed by atoms with Crippen molar-refractivity contribution in [1.82, 2.24) is 14.5 Å². The van der Waals surface area contributed by atoms with Gasteiger partial charge in [0.1, 0.15) is 16.9 Å². The van der Waals surface area contributed by atoms with Crippen LogP contribution in [0.25, 0.3) is 0 Å². The van der Waals surface area contributed by atoms with E-state index in [-0.39, 0.29) is 29.7 Å². The van der Waals surface area contributed by atoms with E-state index in [1.165, 1.54) is 9.21 Å². The molecule has 2 aliphatic heterocycles. The molecule has 0 saturated carbocycles. The fourth-order valence-corrected chi connectivity index (χ4v) is 6.78. The van der Waals surface area contributed by atoms with Gasteiger partial charge in [0.2, 0.25) is 10.0 Å². The van der Waals surface area contributed by atoms with Gasteiger partial charge in [-0.25, -0.2) is 22.0 Å². The van der Waals surface area contributed by atoms with Crippen LogP contribution in [0.2, 0.25) is 0 Å². The first-order valence-corrected chi connectivity index (χ1v) is 12.3. The Kier molecular flexibility index (Phi) is 6.22. The number of hydrogen-bond acceptors (Lipinski definition) is 3. The van der Waals surface area contributed by atoms with Crippen LogP contribution in [-0.2, 0) is 16.6 Å². The predicted octanol–water partition coefficient (Wildman–Crippen LogP) is 4.11. The highest BCUT2D eigenvalue weighted by atomic mass is 32.2. The summed E-state index contributed by atoms with van der Waals surface area (Å²) in [5.74, 6) is -1.34. The van der Waals surface area contributed by atoms with E-state index < -0.39 is 32.9 Å². The fourth-order valence-electron chi connectivity index (χ4n) is 4.59. The lowest BCUT2D eigenvalue weighted by Crippen LogP contribution is -2.44. The number of benzene rings is 2. The fraction of sp³-hybridized carbons (Fsp3) is 0.435. The number of hydrogen-bond donors (Lipinski definition) is 1. The summed E-state index contributed by atoms with van der Waals surface area (Å²) < 4.78 is 58.0. The minimum atomic E-state index is -3.76. The zero-order chi connectivity index (χ0) is 23.0. The van der Waals surface area contributed by atoms with Crippen molar-refractivity contribution in [1.29, 1.82) is 0 Å². The molecule has 172 valence electrons. The van der Waals surface area contributed by atoms with Crippen molar-refractivity contribution >= 4 is 16.1 Å². The Morgan fingerprint density at radius 1 is 1.12 bits per heavy atom. The second kappa shape index (κ2) is 8.78. The van der Waals surface area contributed by atoms with Gasteiger partial charge in [-0.1, -0.05) is 30.3 Å². The van der Waals surface area contributed by atoms with Gasteiger partial charge in [-0.3, -0.25) is 0 Å². The number of halogens is 2. The average molecular weight is 464 g/mol. The van der Waals surface area contributed by atoms with Crippen LogP contribution < -0.4 is 5.32 Å². The van der Waals surface area contributed by atoms with Gasteiger partial charge in [0.25, 0.3) is 0 Å². The van der Waals surface area contributed by atoms with Crippen LogP contribution in [-0.4, -0.2) is 42.8 Å². The molecule has 2 fully saturated rings. The summed E-state index contributed by atoms with van der Waals surface area (Å²) in [6.07, 6.45) is 1.11. The summed E-state index contributed by atoms with van der Waals surface area (Å²) in [6.45, 7) is 4.06. The highest BCUT2D eigenvalue weighted by Crippen LogP contribution is 2.38. The molecule has 2 aromatic rings. The van der Waals surface area contributed by atoms with E-state index in [1.807, 2.05) is 6.07 Å². The molecule has 6 nitrogen and oxygen atoms in total. The first-order valence-electron chi connectivity index (χ1n) is 10.8. The molecule has 2 amide bonds. The normalized spacial score (nSPS) is 24.4. The van der Waals surface area contributed by atoms with Gasteiger partial charge in [0.05, 0.1) is 6.04 Å². The lowest BCUT2D eigenvalue weighted by atomic mass is 10.0. The van der Waals surface area contributed by atoms with Crippen LogP contribution in [0, 0.1) is 11.6 Å². The van der Waals surface area contributed by atoms with Crippen LogP contribution in [0.15, 0.2) is 42.5 Å². The molecule has 32 heavy (non-hydrogen) atoms. The number of carbonyl (C=O) groups excluding carboxylic acids is 1. The molecule has 2 heterocycles. The van der Waals surface area contributed by atoms with E-state index in [0.717, 1.165) is 12.1 Å². The smallest absolute Gasteiger partial charge is 0.318 e. The van der Waals surface area contributed by atoms with Crippen LogP contribution in [0.4, 0.5) is 13.6 Å². The maximum Gasteiger partial charge on any atom is 0.318 e. The van der Waals surface area contributed by atoms with Gasteiger partial charge in [0.15, 0.2) is 0 Å². The monoisotopic (exact) mass is 463 g/mol. The highest BCUT2D eigenvalue weighted by Gasteiger charge is 2.41. The maximum absolute atomic E-state index is 15.0. The molecule has 3 atom stereocenters. The standard InChI is InChI=1S/C23H27F2N3O3S/c1-15-8-9-22(17-6-4-3-5-7-17)32(30,31)28(15)14-18-12-21(25)19(13-20(18)24)16(2)27-11-10-26-23(27)29/h3-7,12-13,15-16,22H,8-11,14H2,1-2H3,(H,26,29)/t15-,16?,22+/m0/s1. The zero-order valence-corrected chi connectivity index (χ0v) is 18.9. The number of amides is 2. The molecule has 9 heteroatoms. The number of rotatable bonds is 5. The van der Waals surface area contributed by atoms with Crippen molar-refractivity contribution in [2.45, 2.75) is 50.6 Å². The minimum Gasteiger partial charge on any atom is -0.336 e. The number of sulfonamides is 1. The van der Waals surface area contributed by atoms with E-state index in [0.29, 0.717) is 31.5 Å². The van der Waals surface area contributed by atoms with Gasteiger partial charge in [-0.05, 0) is 44.4 Å². The molecular weight excluding hydrogens is 436 g/mol. The molecule has 2 aromatic carbocycles. The quantitative estimate of drug-likeness (QED) is 0.726. The zero-order valence-electron chi connectivity index (χ0n) is 18.1. The molecule has 0 aromatic heterocycles. The van der Waals surface area contributed by atoms with Crippen molar-refractivity contribution < 1.29 is 22.0 Å². The van der Waals surface area contributed by atoms with Gasteiger partial charge in [0, 0.05) is 36.8 Å². The van der Waals surface area contributed by atoms with Gasteiger partial charge < -0.3 is 10.2 Å². The third-order valence-corrected chi connectivity index (χ3v) is 8.87. The predicted molar refractivity (Wildman–Crippen MR) is 117 cm³/mol. The highest BCUT2D eigenvalue weighted by molar-refractivity contribution is 7.89. The molecule has 0 radical (unpaired) electrons. The molecule has 0 aliphatic carbocycles. The van der Waals surface area contributed by atoms with Gasteiger partial charge in [-0.2, -0.15) is 4.31 Å². The van der Waals surface area contributed by atoms with Gasteiger partial charge in [-0.15, -0.1) is 0 Å². The Morgan fingerprint density at radius 3 is 2.50 bits per heavy atom. The Balaban J connectivity index is 1.61. The maximum atomic E-state index is 15.0. The minimum absolute atomic E-state index is 0.0199. The lowest BCUT2D eigenvalue weighted by molar-refractivity contribution is 0.201. The molecule has 4 rings (SSSR count). The molecule has 2 aliphatic rings. The van der Waals surface area contributed by atoms with E-state index in [1.54, 1.807) is 38.1 Å². The number of urea groups is 1. The lowest BCUT2D eigenvalue weighted by Gasteiger charge is -2.37. The van der Waals surface area contributed by atoms with E-state index in [4.69, 9.17) is 0 Å². The SMILES string of the molecule is CC(c1cc(F)c(CN2[C@@H](C)CC[C@H](c3ccccc3)S2(=O)=O)cc1F)N1CCNC1=O. The topological polar surface area (TPSA) is 69.7 Å². The molecular formula is C23H27F2N3O3S. The third-order valence-electron chi connectivity index (χ3n) is 6.50. The second-order valence-electron chi connectivity index (χ2n) is 8.48. The van der Waals surface area contributed by atoms with Crippen LogP contribution in [0.5, 0.6) is 0 Å². The van der Waals surface area contributed by atoms with Crippen LogP contribution >= 0.6 is 0 Å². The van der Waals surface area contributed by atoms with E-state index in [9.17, 15) is 17.6 Å². The van der Waals surface area contributed by atoms with Crippen molar-refractivity contribution in [3.63, 3.8) is 0 Å². The summed E-state index contributed by atoms with van der Waals surface area (Å²) in [7, 11) is -3.76. The first kappa shape index (κ1) is 22.7. The Morgan fingerprint density at radius 2 is 1.84 bits per heavy atom. The van der Waals surface area contributed by atoms with Crippen molar-refractivity contribution in [2.75, 3.05) is 13.1 Å². The Bertz CT molecular complexity index is 1110. The largest absolute Gasteiger partial charge is 0.336 e. The number of carbonyl (C=O) groups is 1. The summed E-state index contributed by atoms with van der Waals surface area (Å²) in [5.41, 5.74) is 0.748. The summed E-state index contributed by atoms with van der Waals surface area (Å²) >= 11 is 0. The summed E-state index contributed by atoms with van der Waals surface area (Å²) in [5, 5.41) is 1.94. The molecule has 2 saturated heterocycles. The van der Waals surface area contributed by atoms with Crippen LogP contribution in [0.1, 0.15) is 54.7 Å². The molecule has 1 N–H and O–H groups in total. The molecule has 0 bridgehead atoms. The summed E-state index contributed by atoms with van der Waals surface area (Å²) in [4.78, 5) is 13.3. The third kappa shape index (κ3) is 4.11. The number of nitrogens with zero attached hydrogens (tertiary/aromatic N) is 2.